The van der Waals surface area contributed by atoms with Gasteiger partial charge in [0, 0.05) is 5.69 Å². The van der Waals surface area contributed by atoms with Crippen LogP contribution in [-0.4, -0.2) is 5.91 Å². The van der Waals surface area contributed by atoms with Crippen LogP contribution in [-0.2, 0) is 4.79 Å². The van der Waals surface area contributed by atoms with Crippen LogP contribution in [0, 0.1) is 5.92 Å². The predicted molar refractivity (Wildman–Crippen MR) is 81.5 cm³/mol. The third-order valence-electron chi connectivity index (χ3n) is 3.99. The summed E-state index contributed by atoms with van der Waals surface area (Å²) in [4.78, 5) is 14.4. The second-order valence-corrected chi connectivity index (χ2v) is 5.29. The van der Waals surface area contributed by atoms with Crippen LogP contribution < -0.4 is 4.90 Å². The SMILES string of the molecule is CCC[C@H]1C(=O)N(c2ccccc2)[C@H]1c1ccccc1. The lowest BCUT2D eigenvalue weighted by Gasteiger charge is -2.47. The summed E-state index contributed by atoms with van der Waals surface area (Å²) in [6.45, 7) is 2.14. The number of nitrogens with zero attached hydrogens (tertiary/aromatic N) is 1. The van der Waals surface area contributed by atoms with Gasteiger partial charge in [-0.3, -0.25) is 4.79 Å². The van der Waals surface area contributed by atoms with Crippen LogP contribution in [0.15, 0.2) is 60.7 Å². The zero-order valence-electron chi connectivity index (χ0n) is 11.7. The molecule has 1 saturated heterocycles. The van der Waals surface area contributed by atoms with E-state index in [1.165, 1.54) is 5.56 Å². The summed E-state index contributed by atoms with van der Waals surface area (Å²) in [7, 11) is 0. The lowest BCUT2D eigenvalue weighted by molar-refractivity contribution is -0.130. The molecule has 0 unspecified atom stereocenters. The smallest absolute Gasteiger partial charge is 0.233 e. The first-order valence-corrected chi connectivity index (χ1v) is 7.26. The first kappa shape index (κ1) is 12.9. The minimum atomic E-state index is 0.127. The molecule has 0 aromatic heterocycles. The van der Waals surface area contributed by atoms with Gasteiger partial charge >= 0.3 is 0 Å². The first-order chi connectivity index (χ1) is 9.83. The molecule has 2 heteroatoms. The van der Waals surface area contributed by atoms with Gasteiger partial charge in [0.25, 0.3) is 0 Å². The van der Waals surface area contributed by atoms with Crippen molar-refractivity contribution in [3.05, 3.63) is 66.2 Å². The standard InChI is InChI=1S/C18H19NO/c1-2-9-16-17(14-10-5-3-6-11-14)19(18(16)20)15-12-7-4-8-13-15/h3-8,10-13,16-17H,2,9H2,1H3/t16-,17+/m1/s1. The van der Waals surface area contributed by atoms with Gasteiger partial charge in [0.2, 0.25) is 5.91 Å². The van der Waals surface area contributed by atoms with E-state index in [-0.39, 0.29) is 17.9 Å². The van der Waals surface area contributed by atoms with Crippen LogP contribution in [0.5, 0.6) is 0 Å². The van der Waals surface area contributed by atoms with Gasteiger partial charge in [-0.05, 0) is 24.1 Å². The van der Waals surface area contributed by atoms with Crippen molar-refractivity contribution in [2.75, 3.05) is 4.90 Å². The zero-order valence-corrected chi connectivity index (χ0v) is 11.7. The lowest BCUT2D eigenvalue weighted by Crippen LogP contribution is -2.55. The van der Waals surface area contributed by atoms with Crippen LogP contribution in [0.4, 0.5) is 5.69 Å². The highest BCUT2D eigenvalue weighted by Crippen LogP contribution is 2.45. The number of benzene rings is 2. The van der Waals surface area contributed by atoms with Crippen LogP contribution in [0.25, 0.3) is 0 Å². The second kappa shape index (κ2) is 5.49. The van der Waals surface area contributed by atoms with E-state index >= 15 is 0 Å². The fourth-order valence-corrected chi connectivity index (χ4v) is 3.05. The number of rotatable bonds is 4. The summed E-state index contributed by atoms with van der Waals surface area (Å²) in [5.41, 5.74) is 2.23. The van der Waals surface area contributed by atoms with Crippen LogP contribution in [0.1, 0.15) is 31.4 Å². The fraction of sp³-hybridized carbons (Fsp3) is 0.278. The number of para-hydroxylation sites is 1. The van der Waals surface area contributed by atoms with Crippen LogP contribution in [0.2, 0.25) is 0 Å². The Hall–Kier alpha value is -2.09. The minimum absolute atomic E-state index is 0.127. The van der Waals surface area contributed by atoms with Crippen molar-refractivity contribution in [3.8, 4) is 0 Å². The average molecular weight is 265 g/mol. The molecule has 2 atom stereocenters. The predicted octanol–water partition coefficient (Wildman–Crippen LogP) is 4.19. The number of hydrogen-bond acceptors (Lipinski definition) is 1. The normalized spacial score (nSPS) is 21.6. The molecule has 0 N–H and O–H groups in total. The van der Waals surface area contributed by atoms with Gasteiger partial charge in [0.05, 0.1) is 12.0 Å². The third-order valence-corrected chi connectivity index (χ3v) is 3.99. The number of β-lactam (4-membered cyclic amide) rings is 1. The van der Waals surface area contributed by atoms with Gasteiger partial charge in [-0.15, -0.1) is 0 Å². The van der Waals surface area contributed by atoms with Gasteiger partial charge in [0.1, 0.15) is 0 Å². The molecule has 0 bridgehead atoms. The molecule has 1 amide bonds. The Labute approximate surface area is 120 Å². The highest BCUT2D eigenvalue weighted by atomic mass is 16.2. The van der Waals surface area contributed by atoms with Crippen LogP contribution >= 0.6 is 0 Å². The zero-order chi connectivity index (χ0) is 13.9. The van der Waals surface area contributed by atoms with E-state index in [4.69, 9.17) is 0 Å². The van der Waals surface area contributed by atoms with Crippen molar-refractivity contribution in [3.63, 3.8) is 0 Å². The van der Waals surface area contributed by atoms with Gasteiger partial charge in [0.15, 0.2) is 0 Å². The van der Waals surface area contributed by atoms with E-state index in [1.54, 1.807) is 0 Å². The molecule has 2 aromatic carbocycles. The quantitative estimate of drug-likeness (QED) is 0.759. The van der Waals surface area contributed by atoms with Gasteiger partial charge in [-0.25, -0.2) is 0 Å². The largest absolute Gasteiger partial charge is 0.304 e. The molecule has 2 aromatic rings. The first-order valence-electron chi connectivity index (χ1n) is 7.26. The Kier molecular flexibility index (Phi) is 3.55. The van der Waals surface area contributed by atoms with Crippen molar-refractivity contribution < 1.29 is 4.79 Å². The molecule has 0 aliphatic carbocycles. The Morgan fingerprint density at radius 2 is 1.55 bits per heavy atom. The molecular weight excluding hydrogens is 246 g/mol. The molecule has 102 valence electrons. The minimum Gasteiger partial charge on any atom is -0.304 e. The highest BCUT2D eigenvalue weighted by Gasteiger charge is 2.47. The summed E-state index contributed by atoms with van der Waals surface area (Å²) in [6, 6.07) is 20.5. The molecule has 1 fully saturated rings. The van der Waals surface area contributed by atoms with Crippen molar-refractivity contribution in [1.82, 2.24) is 0 Å². The van der Waals surface area contributed by atoms with Crippen molar-refractivity contribution in [1.29, 1.82) is 0 Å². The van der Waals surface area contributed by atoms with Gasteiger partial charge in [-0.2, -0.15) is 0 Å². The Morgan fingerprint density at radius 1 is 0.950 bits per heavy atom. The molecule has 1 aliphatic heterocycles. The van der Waals surface area contributed by atoms with E-state index in [0.717, 1.165) is 18.5 Å². The molecule has 0 spiro atoms. The third kappa shape index (κ3) is 2.11. The second-order valence-electron chi connectivity index (χ2n) is 5.29. The van der Waals surface area contributed by atoms with Crippen molar-refractivity contribution in [2.24, 2.45) is 5.92 Å². The molecular formula is C18H19NO. The number of amides is 1. The number of anilines is 1. The molecule has 20 heavy (non-hydrogen) atoms. The van der Waals surface area contributed by atoms with Crippen molar-refractivity contribution in [2.45, 2.75) is 25.8 Å². The highest BCUT2D eigenvalue weighted by molar-refractivity contribution is 6.03. The van der Waals surface area contributed by atoms with E-state index in [0.29, 0.717) is 0 Å². The summed E-state index contributed by atoms with van der Waals surface area (Å²) in [5, 5.41) is 0. The van der Waals surface area contributed by atoms with Crippen LogP contribution in [0.3, 0.4) is 0 Å². The maximum Gasteiger partial charge on any atom is 0.233 e. The molecule has 3 rings (SSSR count). The Balaban J connectivity index is 1.95. The molecule has 0 saturated carbocycles. The molecule has 2 nitrogen and oxygen atoms in total. The number of carbonyl (C=O) groups is 1. The Morgan fingerprint density at radius 3 is 2.15 bits per heavy atom. The van der Waals surface area contributed by atoms with E-state index in [2.05, 4.69) is 19.1 Å². The Bertz CT molecular complexity index is 579. The lowest BCUT2D eigenvalue weighted by atomic mass is 9.79. The van der Waals surface area contributed by atoms with E-state index in [9.17, 15) is 4.79 Å². The van der Waals surface area contributed by atoms with Gasteiger partial charge in [-0.1, -0.05) is 61.9 Å². The number of carbonyl (C=O) groups excluding carboxylic acids is 1. The van der Waals surface area contributed by atoms with E-state index in [1.807, 2.05) is 53.4 Å². The maximum absolute atomic E-state index is 12.5. The molecule has 1 aliphatic rings. The summed E-state index contributed by atoms with van der Waals surface area (Å²) in [5.74, 6) is 0.384. The topological polar surface area (TPSA) is 20.3 Å². The average Bonchev–Trinajstić information content (AvgIpc) is 2.51. The molecule has 0 radical (unpaired) electrons. The van der Waals surface area contributed by atoms with Gasteiger partial charge < -0.3 is 4.90 Å². The summed E-state index contributed by atoms with van der Waals surface area (Å²) in [6.07, 6.45) is 2.00. The summed E-state index contributed by atoms with van der Waals surface area (Å²) >= 11 is 0. The fourth-order valence-electron chi connectivity index (χ4n) is 3.05. The molecule has 1 heterocycles. The monoisotopic (exact) mass is 265 g/mol. The van der Waals surface area contributed by atoms with Crippen molar-refractivity contribution >= 4 is 11.6 Å². The number of hydrogen-bond donors (Lipinski definition) is 0. The summed E-state index contributed by atoms with van der Waals surface area (Å²) < 4.78 is 0. The maximum atomic E-state index is 12.5. The van der Waals surface area contributed by atoms with E-state index < -0.39 is 0 Å².